The van der Waals surface area contributed by atoms with E-state index in [1.165, 1.54) is 10.8 Å². The molecular weight excluding hydrogens is 613 g/mol. The molecule has 0 saturated heterocycles. The van der Waals surface area contributed by atoms with Gasteiger partial charge in [-0.15, -0.1) is 0 Å². The zero-order valence-electron chi connectivity index (χ0n) is 26.8. The third kappa shape index (κ3) is 5.55. The molecule has 0 unspecified atom stereocenters. The average Bonchev–Trinajstić information content (AvgIpc) is 3.21. The van der Waals surface area contributed by atoms with Gasteiger partial charge in [-0.25, -0.2) is 19.9 Å². The Labute approximate surface area is 288 Å². The van der Waals surface area contributed by atoms with Gasteiger partial charge in [-0.3, -0.25) is 9.97 Å². The van der Waals surface area contributed by atoms with E-state index < -0.39 is 0 Å². The molecule has 0 saturated carbocycles. The van der Waals surface area contributed by atoms with E-state index in [4.69, 9.17) is 29.9 Å². The number of hydrogen-bond donors (Lipinski definition) is 0. The molecule has 0 atom stereocenters. The second-order valence-electron chi connectivity index (χ2n) is 12.0. The molecule has 234 valence electrons. The highest BCUT2D eigenvalue weighted by Crippen LogP contribution is 2.35. The van der Waals surface area contributed by atoms with Crippen LogP contribution in [0.3, 0.4) is 0 Å². The van der Waals surface area contributed by atoms with Gasteiger partial charge in [0.2, 0.25) is 0 Å². The van der Waals surface area contributed by atoms with Crippen molar-refractivity contribution in [3.63, 3.8) is 0 Å². The minimum absolute atomic E-state index is 0.551. The van der Waals surface area contributed by atoms with Crippen molar-refractivity contribution in [1.29, 1.82) is 0 Å². The molecule has 0 fully saturated rings. The standard InChI is InChI=1S/C44H28N6/c1-3-14-31(15-4-1)42-48-43(32-16-5-2-6-17-32)50-44(49-42)33-22-23-38(46-28-33)39-26-34(36-21-11-18-29-12-7-9-19-35(29)36)27-40(47-39)41-37-20-10-8-13-30(37)24-25-45-41/h1-28H. The summed E-state index contributed by atoms with van der Waals surface area (Å²) in [6.45, 7) is 0. The normalized spacial score (nSPS) is 11.2. The third-order valence-electron chi connectivity index (χ3n) is 8.83. The molecular formula is C44H28N6. The summed E-state index contributed by atoms with van der Waals surface area (Å²) in [4.78, 5) is 29.5. The molecule has 0 amide bonds. The van der Waals surface area contributed by atoms with Crippen LogP contribution in [0.25, 0.3) is 89.6 Å². The van der Waals surface area contributed by atoms with Crippen molar-refractivity contribution < 1.29 is 0 Å². The van der Waals surface area contributed by atoms with Gasteiger partial charge in [0.1, 0.15) is 0 Å². The van der Waals surface area contributed by atoms with Gasteiger partial charge in [-0.05, 0) is 57.6 Å². The van der Waals surface area contributed by atoms with E-state index in [-0.39, 0.29) is 0 Å². The lowest BCUT2D eigenvalue weighted by Gasteiger charge is -2.13. The second-order valence-corrected chi connectivity index (χ2v) is 12.0. The van der Waals surface area contributed by atoms with E-state index >= 15 is 0 Å². The van der Waals surface area contributed by atoms with Crippen LogP contribution in [-0.4, -0.2) is 29.9 Å². The maximum Gasteiger partial charge on any atom is 0.165 e. The van der Waals surface area contributed by atoms with Gasteiger partial charge in [0.25, 0.3) is 0 Å². The van der Waals surface area contributed by atoms with E-state index in [0.29, 0.717) is 17.5 Å². The highest BCUT2D eigenvalue weighted by Gasteiger charge is 2.16. The predicted octanol–water partition coefficient (Wildman–Crippen LogP) is 10.4. The van der Waals surface area contributed by atoms with E-state index in [0.717, 1.165) is 61.4 Å². The van der Waals surface area contributed by atoms with Crippen LogP contribution in [0.4, 0.5) is 0 Å². The molecule has 0 spiro atoms. The molecule has 50 heavy (non-hydrogen) atoms. The maximum absolute atomic E-state index is 5.17. The first kappa shape index (κ1) is 29.2. The molecule has 6 heteroatoms. The summed E-state index contributed by atoms with van der Waals surface area (Å²) in [5, 5.41) is 4.51. The van der Waals surface area contributed by atoms with Gasteiger partial charge in [-0.2, -0.15) is 0 Å². The lowest BCUT2D eigenvalue weighted by molar-refractivity contribution is 1.07. The molecule has 0 aliphatic heterocycles. The summed E-state index contributed by atoms with van der Waals surface area (Å²) in [6, 6.07) is 53.3. The molecule has 9 rings (SSSR count). The SMILES string of the molecule is c1ccc(-c2nc(-c3ccccc3)nc(-c3ccc(-c4cc(-c5cccc6ccccc56)cc(-c5nccc6ccccc56)n4)nc3)n2)cc1. The van der Waals surface area contributed by atoms with Crippen molar-refractivity contribution in [1.82, 2.24) is 29.9 Å². The Morgan fingerprint density at radius 2 is 0.920 bits per heavy atom. The van der Waals surface area contributed by atoms with Gasteiger partial charge in [0.05, 0.1) is 22.8 Å². The van der Waals surface area contributed by atoms with E-state index in [9.17, 15) is 0 Å². The first-order valence-corrected chi connectivity index (χ1v) is 16.4. The highest BCUT2D eigenvalue weighted by atomic mass is 15.0. The molecule has 0 aliphatic carbocycles. The largest absolute Gasteiger partial charge is 0.254 e. The number of rotatable bonds is 6. The van der Waals surface area contributed by atoms with Crippen molar-refractivity contribution in [3.8, 4) is 68.1 Å². The number of pyridine rings is 3. The average molecular weight is 641 g/mol. The molecule has 0 N–H and O–H groups in total. The molecule has 6 nitrogen and oxygen atoms in total. The minimum atomic E-state index is 0.551. The summed E-state index contributed by atoms with van der Waals surface area (Å²) >= 11 is 0. The minimum Gasteiger partial charge on any atom is -0.254 e. The Balaban J connectivity index is 1.18. The molecule has 5 aromatic carbocycles. The molecule has 0 aliphatic rings. The lowest BCUT2D eigenvalue weighted by atomic mass is 9.96. The Kier molecular flexibility index (Phi) is 7.37. The fourth-order valence-electron chi connectivity index (χ4n) is 6.35. The summed E-state index contributed by atoms with van der Waals surface area (Å²) in [7, 11) is 0. The van der Waals surface area contributed by atoms with Gasteiger partial charge in [0, 0.05) is 34.5 Å². The second kappa shape index (κ2) is 12.6. The third-order valence-corrected chi connectivity index (χ3v) is 8.83. The van der Waals surface area contributed by atoms with Crippen LogP contribution in [0.15, 0.2) is 170 Å². The number of fused-ring (bicyclic) bond motifs is 2. The van der Waals surface area contributed by atoms with E-state index in [1.807, 2.05) is 103 Å². The lowest BCUT2D eigenvalue weighted by Crippen LogP contribution is -2.00. The van der Waals surface area contributed by atoms with Crippen LogP contribution in [0.1, 0.15) is 0 Å². The summed E-state index contributed by atoms with van der Waals surface area (Å²) < 4.78 is 0. The van der Waals surface area contributed by atoms with Crippen molar-refractivity contribution in [2.75, 3.05) is 0 Å². The zero-order valence-corrected chi connectivity index (χ0v) is 26.8. The number of benzene rings is 5. The van der Waals surface area contributed by atoms with Gasteiger partial charge < -0.3 is 0 Å². The molecule has 4 aromatic heterocycles. The van der Waals surface area contributed by atoms with Crippen LogP contribution < -0.4 is 0 Å². The van der Waals surface area contributed by atoms with Crippen LogP contribution in [-0.2, 0) is 0 Å². The molecule has 0 radical (unpaired) electrons. The number of aromatic nitrogens is 6. The van der Waals surface area contributed by atoms with Gasteiger partial charge >= 0.3 is 0 Å². The molecule has 9 aromatic rings. The number of hydrogen-bond acceptors (Lipinski definition) is 6. The first-order valence-electron chi connectivity index (χ1n) is 16.4. The number of nitrogens with zero attached hydrogens (tertiary/aromatic N) is 6. The topological polar surface area (TPSA) is 77.3 Å². The van der Waals surface area contributed by atoms with Crippen molar-refractivity contribution in [2.24, 2.45) is 0 Å². The van der Waals surface area contributed by atoms with Crippen LogP contribution in [0, 0.1) is 0 Å². The quantitative estimate of drug-likeness (QED) is 0.180. The van der Waals surface area contributed by atoms with E-state index in [2.05, 4.69) is 66.7 Å². The summed E-state index contributed by atoms with van der Waals surface area (Å²) in [5.41, 5.74) is 7.88. The van der Waals surface area contributed by atoms with Crippen LogP contribution >= 0.6 is 0 Å². The fraction of sp³-hybridized carbons (Fsp3) is 0. The Morgan fingerprint density at radius 1 is 0.340 bits per heavy atom. The summed E-state index contributed by atoms with van der Waals surface area (Å²) in [5.74, 6) is 1.76. The Bertz CT molecular complexity index is 2470. The highest BCUT2D eigenvalue weighted by molar-refractivity contribution is 5.99. The Morgan fingerprint density at radius 3 is 1.60 bits per heavy atom. The van der Waals surface area contributed by atoms with Crippen LogP contribution in [0.5, 0.6) is 0 Å². The Hall–Kier alpha value is -6.92. The fourth-order valence-corrected chi connectivity index (χ4v) is 6.35. The van der Waals surface area contributed by atoms with Crippen molar-refractivity contribution in [3.05, 3.63) is 170 Å². The van der Waals surface area contributed by atoms with Crippen LogP contribution in [0.2, 0.25) is 0 Å². The molecule has 0 bridgehead atoms. The monoisotopic (exact) mass is 640 g/mol. The predicted molar refractivity (Wildman–Crippen MR) is 201 cm³/mol. The zero-order chi connectivity index (χ0) is 33.3. The van der Waals surface area contributed by atoms with Gasteiger partial charge in [-0.1, -0.05) is 127 Å². The summed E-state index contributed by atoms with van der Waals surface area (Å²) in [6.07, 6.45) is 3.66. The maximum atomic E-state index is 5.17. The molecule has 4 heterocycles. The first-order chi connectivity index (χ1) is 24.8. The van der Waals surface area contributed by atoms with E-state index in [1.54, 1.807) is 0 Å². The van der Waals surface area contributed by atoms with Crippen molar-refractivity contribution >= 4 is 21.5 Å². The van der Waals surface area contributed by atoms with Crippen molar-refractivity contribution in [2.45, 2.75) is 0 Å². The smallest absolute Gasteiger partial charge is 0.165 e. The van der Waals surface area contributed by atoms with Gasteiger partial charge in [0.15, 0.2) is 17.5 Å².